The van der Waals surface area contributed by atoms with E-state index in [4.69, 9.17) is 13.9 Å². The molecule has 166 valence electrons. The fourth-order valence-corrected chi connectivity index (χ4v) is 4.12. The van der Waals surface area contributed by atoms with Gasteiger partial charge >= 0.3 is 5.82 Å². The van der Waals surface area contributed by atoms with Crippen LogP contribution in [0.4, 0.5) is 4.79 Å². The lowest BCUT2D eigenvalue weighted by Gasteiger charge is -2.19. The molecule has 2 unspecified atom stereocenters. The monoisotopic (exact) mass is 455 g/mol. The Morgan fingerprint density at radius 3 is 2.59 bits per heavy atom. The average Bonchev–Trinajstić information content (AvgIpc) is 3.33. The highest BCUT2D eigenvalue weighted by Crippen LogP contribution is 2.25. The number of carbonyl (C=O) groups is 2. The Balaban J connectivity index is 1.39. The van der Waals surface area contributed by atoms with Crippen LogP contribution >= 0.6 is 11.8 Å². The molecule has 0 bridgehead atoms. The number of rotatable bonds is 9. The summed E-state index contributed by atoms with van der Waals surface area (Å²) in [5.41, 5.74) is 2.95. The van der Waals surface area contributed by atoms with Gasteiger partial charge in [-0.3, -0.25) is 14.9 Å². The molecule has 1 N–H and O–H groups in total. The summed E-state index contributed by atoms with van der Waals surface area (Å²) in [5, 5.41) is 1.58. The van der Waals surface area contributed by atoms with E-state index in [0.717, 1.165) is 28.5 Å². The zero-order chi connectivity index (χ0) is 22.5. The Bertz CT molecular complexity index is 1150. The van der Waals surface area contributed by atoms with Gasteiger partial charge in [0, 0.05) is 0 Å². The van der Waals surface area contributed by atoms with Gasteiger partial charge in [-0.15, -0.1) is 0 Å². The summed E-state index contributed by atoms with van der Waals surface area (Å²) in [6, 6.07) is 15.3. The minimum Gasteiger partial charge on any atom is -0.491 e. The fourth-order valence-electron chi connectivity index (χ4n) is 3.26. The third-order valence-electron chi connectivity index (χ3n) is 4.85. The number of amides is 2. The molecule has 1 fully saturated rings. The molecule has 2 aromatic carbocycles. The summed E-state index contributed by atoms with van der Waals surface area (Å²) in [7, 11) is 0. The number of aryl methyl sites for hydroxylation is 1. The van der Waals surface area contributed by atoms with Crippen LogP contribution in [0.25, 0.3) is 0 Å². The van der Waals surface area contributed by atoms with Crippen LogP contribution in [-0.2, 0) is 22.6 Å². The summed E-state index contributed by atoms with van der Waals surface area (Å²) in [6.45, 7) is 2.29. The zero-order valence-electron chi connectivity index (χ0n) is 17.2. The quantitative estimate of drug-likeness (QED) is 0.519. The second kappa shape index (κ2) is 9.88. The lowest BCUT2D eigenvalue weighted by molar-refractivity contribution is -0.118. The first-order valence-electron chi connectivity index (χ1n) is 9.95. The Morgan fingerprint density at radius 1 is 1.12 bits per heavy atom. The SMILES string of the molecule is Cc1cccc(C(COc2ccc(CC3SC(=O)NC3=O)cc2)OCc2coc(=O)o2)c1. The van der Waals surface area contributed by atoms with E-state index in [0.29, 0.717) is 17.9 Å². The average molecular weight is 455 g/mol. The predicted molar refractivity (Wildman–Crippen MR) is 117 cm³/mol. The molecule has 2 amide bonds. The van der Waals surface area contributed by atoms with Crippen molar-refractivity contribution < 1.29 is 27.9 Å². The molecule has 2 atom stereocenters. The molecule has 1 aliphatic rings. The maximum absolute atomic E-state index is 11.7. The van der Waals surface area contributed by atoms with Crippen molar-refractivity contribution in [2.75, 3.05) is 6.61 Å². The van der Waals surface area contributed by atoms with Gasteiger partial charge in [0.2, 0.25) is 5.91 Å². The number of ether oxygens (including phenoxy) is 2. The van der Waals surface area contributed by atoms with E-state index in [1.54, 1.807) is 0 Å². The molecule has 2 heterocycles. The Labute approximate surface area is 187 Å². The minimum absolute atomic E-state index is 0.0620. The lowest BCUT2D eigenvalue weighted by Crippen LogP contribution is -2.25. The van der Waals surface area contributed by atoms with Gasteiger partial charge in [-0.25, -0.2) is 4.79 Å². The molecule has 0 radical (unpaired) electrons. The Hall–Kier alpha value is -3.30. The molecule has 8 nitrogen and oxygen atoms in total. The fraction of sp³-hybridized carbons (Fsp3) is 0.261. The van der Waals surface area contributed by atoms with Crippen molar-refractivity contribution in [3.63, 3.8) is 0 Å². The highest BCUT2D eigenvalue weighted by Gasteiger charge is 2.31. The molecule has 0 saturated carbocycles. The Kier molecular flexibility index (Phi) is 6.77. The largest absolute Gasteiger partial charge is 0.518 e. The number of imide groups is 1. The van der Waals surface area contributed by atoms with Gasteiger partial charge < -0.3 is 18.3 Å². The molecule has 9 heteroatoms. The maximum Gasteiger partial charge on any atom is 0.518 e. The van der Waals surface area contributed by atoms with Crippen LogP contribution in [0.5, 0.6) is 5.75 Å². The molecule has 0 spiro atoms. The van der Waals surface area contributed by atoms with Crippen LogP contribution < -0.4 is 15.9 Å². The Morgan fingerprint density at radius 2 is 1.94 bits per heavy atom. The van der Waals surface area contributed by atoms with E-state index in [9.17, 15) is 14.4 Å². The highest BCUT2D eigenvalue weighted by molar-refractivity contribution is 8.15. The third kappa shape index (κ3) is 5.68. The number of thioether (sulfide) groups is 1. The maximum atomic E-state index is 11.7. The van der Waals surface area contributed by atoms with Crippen molar-refractivity contribution in [3.05, 3.63) is 87.9 Å². The van der Waals surface area contributed by atoms with Crippen LogP contribution in [0, 0.1) is 6.92 Å². The molecule has 1 aromatic heterocycles. The summed E-state index contributed by atoms with van der Waals surface area (Å²) < 4.78 is 21.4. The van der Waals surface area contributed by atoms with Gasteiger partial charge in [-0.05, 0) is 36.6 Å². The zero-order valence-corrected chi connectivity index (χ0v) is 18.1. The number of hydrogen-bond donors (Lipinski definition) is 1. The van der Waals surface area contributed by atoms with Crippen molar-refractivity contribution in [3.8, 4) is 5.75 Å². The van der Waals surface area contributed by atoms with Crippen molar-refractivity contribution in [2.24, 2.45) is 0 Å². The molecule has 4 rings (SSSR count). The second-order valence-corrected chi connectivity index (χ2v) is 8.49. The number of nitrogens with one attached hydrogen (secondary N) is 1. The molecule has 0 aliphatic carbocycles. The van der Waals surface area contributed by atoms with Gasteiger partial charge in [0.05, 0.1) is 5.25 Å². The molecule has 1 saturated heterocycles. The first kappa shape index (κ1) is 21.9. The van der Waals surface area contributed by atoms with Crippen molar-refractivity contribution in [2.45, 2.75) is 31.3 Å². The van der Waals surface area contributed by atoms with Crippen LogP contribution in [0.2, 0.25) is 0 Å². The van der Waals surface area contributed by atoms with Gasteiger partial charge in [-0.2, -0.15) is 0 Å². The minimum atomic E-state index is -0.773. The lowest BCUT2D eigenvalue weighted by atomic mass is 10.1. The van der Waals surface area contributed by atoms with Crippen LogP contribution in [0.3, 0.4) is 0 Å². The molecule has 32 heavy (non-hydrogen) atoms. The van der Waals surface area contributed by atoms with Gasteiger partial charge in [0.15, 0.2) is 5.76 Å². The predicted octanol–water partition coefficient (Wildman–Crippen LogP) is 3.77. The smallest absolute Gasteiger partial charge is 0.491 e. The molecule has 1 aliphatic heterocycles. The topological polar surface area (TPSA) is 108 Å². The molecular formula is C23H21NO7S. The van der Waals surface area contributed by atoms with E-state index in [1.807, 2.05) is 55.5 Å². The van der Waals surface area contributed by atoms with Gasteiger partial charge in [0.25, 0.3) is 5.24 Å². The van der Waals surface area contributed by atoms with E-state index in [-0.39, 0.29) is 24.4 Å². The normalized spacial score (nSPS) is 16.7. The number of benzene rings is 2. The van der Waals surface area contributed by atoms with E-state index >= 15 is 0 Å². The number of carbonyl (C=O) groups excluding carboxylic acids is 2. The van der Waals surface area contributed by atoms with Crippen molar-refractivity contribution in [1.29, 1.82) is 0 Å². The summed E-state index contributed by atoms with van der Waals surface area (Å²) in [5.74, 6) is -0.0921. The van der Waals surface area contributed by atoms with E-state index in [1.165, 1.54) is 6.26 Å². The highest BCUT2D eigenvalue weighted by atomic mass is 32.2. The van der Waals surface area contributed by atoms with Gasteiger partial charge in [0.1, 0.15) is 31.3 Å². The standard InChI is InChI=1S/C23H21NO7S/c1-14-3-2-4-16(9-14)19(29-11-18-12-30-23(27)31-18)13-28-17-7-5-15(6-8-17)10-20-21(25)24-22(26)32-20/h2-9,12,19-20H,10-11,13H2,1H3,(H,24,25,26). The van der Waals surface area contributed by atoms with Crippen LogP contribution in [-0.4, -0.2) is 23.0 Å². The molecule has 3 aromatic rings. The van der Waals surface area contributed by atoms with E-state index in [2.05, 4.69) is 9.73 Å². The second-order valence-electron chi connectivity index (χ2n) is 7.31. The first-order valence-corrected chi connectivity index (χ1v) is 10.8. The van der Waals surface area contributed by atoms with Crippen LogP contribution in [0.15, 0.2) is 68.4 Å². The summed E-state index contributed by atoms with van der Waals surface area (Å²) in [4.78, 5) is 34.1. The van der Waals surface area contributed by atoms with Crippen molar-refractivity contribution >= 4 is 22.9 Å². The van der Waals surface area contributed by atoms with Gasteiger partial charge in [-0.1, -0.05) is 53.7 Å². The van der Waals surface area contributed by atoms with Crippen molar-refractivity contribution in [1.82, 2.24) is 5.32 Å². The number of hydrogen-bond acceptors (Lipinski definition) is 8. The molecular weight excluding hydrogens is 434 g/mol. The summed E-state index contributed by atoms with van der Waals surface area (Å²) >= 11 is 1.01. The third-order valence-corrected chi connectivity index (χ3v) is 5.84. The van der Waals surface area contributed by atoms with E-state index < -0.39 is 17.2 Å². The van der Waals surface area contributed by atoms with Crippen LogP contribution in [0.1, 0.15) is 28.6 Å². The summed E-state index contributed by atoms with van der Waals surface area (Å²) in [6.07, 6.45) is 1.29. The first-order chi connectivity index (χ1) is 15.5.